The fraction of sp³-hybridized carbons (Fsp3) is 0.648. The summed E-state index contributed by atoms with van der Waals surface area (Å²) in [6.45, 7) is 7.29. The van der Waals surface area contributed by atoms with E-state index in [1.54, 1.807) is 27.7 Å². The molecule has 0 aliphatic carbocycles. The lowest BCUT2D eigenvalue weighted by atomic mass is 10.0. The van der Waals surface area contributed by atoms with Crippen molar-refractivity contribution in [3.05, 3.63) is 18.2 Å². The zero-order valence-corrected chi connectivity index (χ0v) is 71.1. The van der Waals surface area contributed by atoms with Crippen molar-refractivity contribution < 1.29 is 122 Å². The van der Waals surface area contributed by atoms with Crippen LogP contribution in [0.3, 0.4) is 0 Å². The maximum Gasteiger partial charge on any atom is 0.326 e. The largest absolute Gasteiger partial charge is 0.481 e. The van der Waals surface area contributed by atoms with Gasteiger partial charge in [0.25, 0.3) is 5.97 Å². The fourth-order valence-electron chi connectivity index (χ4n) is 11.1. The minimum Gasteiger partial charge on any atom is -0.481 e. The summed E-state index contributed by atoms with van der Waals surface area (Å²) in [5.41, 5.74) is 32.9. The molecule has 42 N–H and O–H groups in total. The lowest BCUT2D eigenvalue weighted by molar-refractivity contribution is -0.142. The minimum absolute atomic E-state index is 0.0184. The molecule has 15 amide bonds. The Hall–Kier alpha value is -13.4. The van der Waals surface area contributed by atoms with Crippen LogP contribution in [-0.4, -0.2) is 319 Å². The van der Waals surface area contributed by atoms with Crippen molar-refractivity contribution in [3.63, 3.8) is 0 Å². The second-order valence-corrected chi connectivity index (χ2v) is 29.6. The molecule has 0 radical (unpaired) electrons. The number of carboxylic acids is 3. The van der Waals surface area contributed by atoms with Gasteiger partial charge in [-0.2, -0.15) is 0 Å². The van der Waals surface area contributed by atoms with Gasteiger partial charge in [0.15, 0.2) is 23.8 Å². The Morgan fingerprint density at radius 1 is 0.381 bits per heavy atom. The van der Waals surface area contributed by atoms with Crippen LogP contribution in [0.15, 0.2) is 12.5 Å². The van der Waals surface area contributed by atoms with Gasteiger partial charge in [-0.1, -0.05) is 27.7 Å². The van der Waals surface area contributed by atoms with Gasteiger partial charge in [0.2, 0.25) is 88.6 Å². The number of carboxylic acid groups (broad SMARTS) is 3. The van der Waals surface area contributed by atoms with E-state index in [1.807, 2.05) is 21.3 Å². The number of carbonyl (C=O) groups excluding carboxylic acids is 15. The van der Waals surface area contributed by atoms with E-state index in [-0.39, 0.29) is 114 Å². The van der Waals surface area contributed by atoms with Gasteiger partial charge in [-0.3, -0.25) is 103 Å². The summed E-state index contributed by atoms with van der Waals surface area (Å²) in [4.78, 5) is 246. The van der Waals surface area contributed by atoms with Crippen molar-refractivity contribution in [1.82, 2.24) is 106 Å². The smallest absolute Gasteiger partial charge is 0.326 e. The highest BCUT2D eigenvalue weighted by Gasteiger charge is 2.40. The molecule has 0 aromatic carbocycles. The van der Waals surface area contributed by atoms with E-state index in [4.69, 9.17) is 65.9 Å². The molecular formula is C71H126N30O25. The molecule has 0 saturated carbocycles. The number of aliphatic hydroxyl groups is 4. The van der Waals surface area contributed by atoms with Crippen molar-refractivity contribution in [2.45, 2.75) is 236 Å². The van der Waals surface area contributed by atoms with Gasteiger partial charge in [0.1, 0.15) is 84.6 Å². The van der Waals surface area contributed by atoms with Crippen LogP contribution in [0.5, 0.6) is 0 Å². The number of hydrogen-bond acceptors (Lipinski definition) is 28. The highest BCUT2D eigenvalue weighted by atomic mass is 16.4. The summed E-state index contributed by atoms with van der Waals surface area (Å²) >= 11 is 0. The Morgan fingerprint density at radius 2 is 0.667 bits per heavy atom. The summed E-state index contributed by atoms with van der Waals surface area (Å²) in [5, 5.41) is 141. The first-order chi connectivity index (χ1) is 58.9. The topological polar surface area (TPSA) is 946 Å². The highest BCUT2D eigenvalue weighted by molar-refractivity contribution is 6.02. The van der Waals surface area contributed by atoms with Crippen LogP contribution in [-0.2, 0) is 92.7 Å². The second-order valence-electron chi connectivity index (χ2n) is 29.6. The van der Waals surface area contributed by atoms with E-state index in [9.17, 15) is 112 Å². The number of primary amides is 1. The quantitative estimate of drug-likeness (QED) is 0.0164. The molecule has 0 spiro atoms. The summed E-state index contributed by atoms with van der Waals surface area (Å²) in [5.74, 6) is -24.0. The number of aromatic nitrogens is 2. The van der Waals surface area contributed by atoms with E-state index >= 15 is 0 Å². The molecule has 710 valence electrons. The van der Waals surface area contributed by atoms with E-state index in [0.717, 1.165) is 20.8 Å². The Labute approximate surface area is 723 Å². The zero-order chi connectivity index (χ0) is 96.4. The van der Waals surface area contributed by atoms with Gasteiger partial charge >= 0.3 is 11.9 Å². The number of imidazole rings is 1. The molecule has 0 fully saturated rings. The molecule has 1 rings (SSSR count). The van der Waals surface area contributed by atoms with E-state index in [0.29, 0.717) is 0 Å². The number of guanidine groups is 4. The van der Waals surface area contributed by atoms with Crippen molar-refractivity contribution >= 4 is 130 Å². The summed E-state index contributed by atoms with van der Waals surface area (Å²) < 4.78 is 0. The number of nitrogens with two attached hydrogens (primary N) is 6. The number of aromatic amines is 1. The third-order valence-electron chi connectivity index (χ3n) is 17.5. The maximum absolute atomic E-state index is 14.6. The number of nitrogens with one attached hydrogen (secondary N) is 23. The summed E-state index contributed by atoms with van der Waals surface area (Å²) in [7, 11) is 0. The maximum atomic E-state index is 14.6. The van der Waals surface area contributed by atoms with Gasteiger partial charge in [-0.15, -0.1) is 0 Å². The van der Waals surface area contributed by atoms with Crippen LogP contribution in [0.25, 0.3) is 0 Å². The number of aliphatic carboxylic acids is 3. The molecule has 1 heterocycles. The van der Waals surface area contributed by atoms with Crippen molar-refractivity contribution in [2.24, 2.45) is 46.2 Å². The molecule has 55 nitrogen and oxygen atoms in total. The third kappa shape index (κ3) is 47.3. The molecular weight excluding hydrogens is 1670 g/mol. The minimum atomic E-state index is -2.22. The number of H-pyrrole nitrogens is 1. The van der Waals surface area contributed by atoms with Gasteiger partial charge < -0.3 is 171 Å². The molecule has 16 atom stereocenters. The number of carbonyl (C=O) groups is 18. The highest BCUT2D eigenvalue weighted by Crippen LogP contribution is 2.13. The molecule has 1 aromatic rings. The molecule has 0 saturated heterocycles. The monoisotopic (exact) mass is 1800 g/mol. The molecule has 0 bridgehead atoms. The van der Waals surface area contributed by atoms with E-state index in [1.165, 1.54) is 19.4 Å². The average Bonchev–Trinajstić information content (AvgIpc) is 1.02. The van der Waals surface area contributed by atoms with Gasteiger partial charge in [-0.25, -0.2) is 9.78 Å². The van der Waals surface area contributed by atoms with Crippen LogP contribution in [0, 0.1) is 33.5 Å². The summed E-state index contributed by atoms with van der Waals surface area (Å²) in [6, 6.07) is -25.9. The van der Waals surface area contributed by atoms with Gasteiger partial charge in [0.05, 0.1) is 56.8 Å². The fourth-order valence-corrected chi connectivity index (χ4v) is 11.1. The Morgan fingerprint density at radius 3 is 0.992 bits per heavy atom. The van der Waals surface area contributed by atoms with Crippen LogP contribution >= 0.6 is 0 Å². The molecule has 55 heteroatoms. The number of nitrogens with zero attached hydrogens (tertiary/aromatic N) is 1. The van der Waals surface area contributed by atoms with Crippen molar-refractivity contribution in [2.75, 3.05) is 46.0 Å². The Balaban J connectivity index is 0.0000382. The predicted molar refractivity (Wildman–Crippen MR) is 444 cm³/mol. The SMILES string of the molecule is CC(=O)O.CC(C)CC(NC(=O)C(C)N)C(=O)NC(CC(N)=O)C(=O)NC(CCCNC(=N)N)C(=O)NC(C(=O)NC(CO)C(=O)NC(CO)C(=O)NC(CC(=O)O)C(=O)NC(CO)C(=O)NC(C)C(=O)NC(CC(C)C)C(=O)NC(Cc1c[nH]cn1)C(=O)NC(CCCNC(=N)N)C(=O)NC(CCCNC(=N)N)C(=O)NC(CCCNC(=N)N)C(=O)O)C(C)O. The lowest BCUT2D eigenvalue weighted by Crippen LogP contribution is -2.63. The Bertz CT molecular complexity index is 3850. The average molecular weight is 1800 g/mol. The van der Waals surface area contributed by atoms with Crippen LogP contribution < -0.4 is 130 Å². The van der Waals surface area contributed by atoms with E-state index in [2.05, 4.69) is 84.4 Å². The number of amides is 15. The second kappa shape index (κ2) is 59.4. The van der Waals surface area contributed by atoms with Crippen molar-refractivity contribution in [3.8, 4) is 0 Å². The summed E-state index contributed by atoms with van der Waals surface area (Å²) in [6.07, 6.45) is -2.65. The Kier molecular flexibility index (Phi) is 53.0. The first-order valence-corrected chi connectivity index (χ1v) is 39.6. The van der Waals surface area contributed by atoms with E-state index < -0.39 is 260 Å². The molecule has 0 aliphatic heterocycles. The molecule has 0 aliphatic rings. The lowest BCUT2D eigenvalue weighted by Gasteiger charge is -2.28. The normalized spacial score (nSPS) is 14.7. The number of rotatable bonds is 59. The molecule has 126 heavy (non-hydrogen) atoms. The first-order valence-electron chi connectivity index (χ1n) is 39.6. The van der Waals surface area contributed by atoms with Gasteiger partial charge in [0, 0.05) is 45.7 Å². The number of aliphatic hydroxyl groups excluding tert-OH is 4. The third-order valence-corrected chi connectivity index (χ3v) is 17.5. The van der Waals surface area contributed by atoms with Crippen LogP contribution in [0.2, 0.25) is 0 Å². The van der Waals surface area contributed by atoms with Crippen LogP contribution in [0.1, 0.15) is 138 Å². The number of hydrogen-bond donors (Lipinski definition) is 36. The molecule has 16 unspecified atom stereocenters. The standard InChI is InChI=1S/C69H122N30O23.C2H4O2/c1-30(2)20-40(91-51(107)32(5)70)56(112)94-43(23-48(71)104)59(115)89-38(14-10-18-83-68(76)77)55(111)99-50(34(7)103)64(120)98-47(28-102)63(119)97-46(27-101)62(118)95-44(24-49(105)106)60(116)96-45(26-100)61(117)86-33(6)52(108)92-41(21-31(3)4)57(113)93-42(22-35-25-80-29-85-35)58(114)88-36(12-8-16-81-66(72)73)53(109)87-37(13-9-17-82-67(74)75)54(110)90-39(65(121)122)15-11-19-84-69(78)79;1-2(3)4/h25,29-34,36-47,50,100-103H,8-24,26-28,70H2,1-7H3,(H2,71,104)(H,80,85)(H,86,117)(H,87,109)(H,88,114)(H,89,115)(H,90,110)(H,91,107)(H,92,108)(H,93,113)(H,94,112)(H,95,118)(H,96,116)(H,97,119)(H,98,120)(H,99,111)(H,105,106)(H,121,122)(H4,72,73,81)(H4,74,75,82)(H4,76,77,83)(H4,78,79,84);1H3,(H,3,4). The van der Waals surface area contributed by atoms with Crippen LogP contribution in [0.4, 0.5) is 0 Å². The first kappa shape index (κ1) is 113. The zero-order valence-electron chi connectivity index (χ0n) is 71.1. The van der Waals surface area contributed by atoms with Gasteiger partial charge in [-0.05, 0) is 96.8 Å². The molecule has 1 aromatic heterocycles. The van der Waals surface area contributed by atoms with Crippen molar-refractivity contribution in [1.29, 1.82) is 21.6 Å². The predicted octanol–water partition coefficient (Wildman–Crippen LogP) is -13.9.